The minimum atomic E-state index is -0.298. The van der Waals surface area contributed by atoms with Gasteiger partial charge in [0.15, 0.2) is 6.61 Å². The lowest BCUT2D eigenvalue weighted by molar-refractivity contribution is -0.123. The van der Waals surface area contributed by atoms with Crippen molar-refractivity contribution in [1.29, 1.82) is 0 Å². The molecule has 0 unspecified atom stereocenters. The normalized spacial score (nSPS) is 10.8. The van der Waals surface area contributed by atoms with Crippen LogP contribution in [0.1, 0.15) is 10.4 Å². The van der Waals surface area contributed by atoms with Crippen LogP contribution in [0.25, 0.3) is 11.1 Å². The number of hydrogen-bond acceptors (Lipinski definition) is 4. The van der Waals surface area contributed by atoms with Gasteiger partial charge in [0.25, 0.3) is 5.91 Å². The minimum absolute atomic E-state index is 0.0926. The van der Waals surface area contributed by atoms with Gasteiger partial charge in [-0.2, -0.15) is 5.10 Å². The van der Waals surface area contributed by atoms with E-state index in [-0.39, 0.29) is 12.5 Å². The Morgan fingerprint density at radius 1 is 1.12 bits per heavy atom. The number of thiophene rings is 1. The summed E-state index contributed by atoms with van der Waals surface area (Å²) in [6.45, 7) is 1.91. The molecule has 1 aromatic heterocycles. The van der Waals surface area contributed by atoms with Crippen LogP contribution >= 0.6 is 11.3 Å². The topological polar surface area (TPSA) is 50.7 Å². The first-order chi connectivity index (χ1) is 12.2. The summed E-state index contributed by atoms with van der Waals surface area (Å²) in [6, 6.07) is 19.6. The van der Waals surface area contributed by atoms with E-state index < -0.39 is 0 Å². The predicted molar refractivity (Wildman–Crippen MR) is 102 cm³/mol. The maximum absolute atomic E-state index is 11.9. The molecule has 25 heavy (non-hydrogen) atoms. The maximum atomic E-state index is 11.9. The predicted octanol–water partition coefficient (Wildman–Crippen LogP) is 4.25. The molecule has 1 N–H and O–H groups in total. The molecule has 0 radical (unpaired) electrons. The Morgan fingerprint density at radius 3 is 2.64 bits per heavy atom. The number of hydrazone groups is 1. The molecule has 1 heterocycles. The number of carbonyl (C=O) groups excluding carboxylic acids is 1. The zero-order valence-corrected chi connectivity index (χ0v) is 14.6. The molecule has 5 heteroatoms. The van der Waals surface area contributed by atoms with Crippen molar-refractivity contribution in [2.75, 3.05) is 6.61 Å². The molecular weight excluding hydrogens is 332 g/mol. The van der Waals surface area contributed by atoms with Crippen LogP contribution in [-0.2, 0) is 4.79 Å². The highest BCUT2D eigenvalue weighted by atomic mass is 32.1. The van der Waals surface area contributed by atoms with E-state index >= 15 is 0 Å². The second kappa shape index (κ2) is 8.26. The van der Waals surface area contributed by atoms with Gasteiger partial charge in [-0.05, 0) is 35.6 Å². The van der Waals surface area contributed by atoms with Gasteiger partial charge in [0.1, 0.15) is 5.75 Å². The fourth-order valence-electron chi connectivity index (χ4n) is 2.30. The van der Waals surface area contributed by atoms with Crippen LogP contribution in [-0.4, -0.2) is 18.7 Å². The standard InChI is InChI=1S/C20H18N2O2S/c1-15-11-12-25-19(15)13-21-22-20(23)14-24-18-10-6-5-9-17(18)16-7-3-2-4-8-16/h2-13H,14H2,1H3,(H,22,23)/b21-13+. The Bertz CT molecular complexity index is 872. The van der Waals surface area contributed by atoms with Gasteiger partial charge in [0.2, 0.25) is 0 Å². The van der Waals surface area contributed by atoms with Crippen LogP contribution in [0.5, 0.6) is 5.75 Å². The number of nitrogens with one attached hydrogen (secondary N) is 1. The second-order valence-corrected chi connectivity index (χ2v) is 6.36. The zero-order chi connectivity index (χ0) is 17.5. The first kappa shape index (κ1) is 16.9. The van der Waals surface area contributed by atoms with Crippen LogP contribution < -0.4 is 10.2 Å². The van der Waals surface area contributed by atoms with Gasteiger partial charge >= 0.3 is 0 Å². The number of amides is 1. The Labute approximate surface area is 150 Å². The van der Waals surface area contributed by atoms with Crippen LogP contribution in [0, 0.1) is 6.92 Å². The number of carbonyl (C=O) groups is 1. The fourth-order valence-corrected chi connectivity index (χ4v) is 3.09. The highest BCUT2D eigenvalue weighted by molar-refractivity contribution is 7.11. The van der Waals surface area contributed by atoms with Crippen molar-refractivity contribution in [3.05, 3.63) is 76.5 Å². The number of benzene rings is 2. The van der Waals surface area contributed by atoms with E-state index in [9.17, 15) is 4.79 Å². The lowest BCUT2D eigenvalue weighted by Gasteiger charge is -2.10. The number of para-hydroxylation sites is 1. The van der Waals surface area contributed by atoms with E-state index in [4.69, 9.17) is 4.74 Å². The third-order valence-electron chi connectivity index (χ3n) is 3.60. The first-order valence-corrected chi connectivity index (χ1v) is 8.75. The molecule has 3 aromatic rings. The molecule has 0 saturated heterocycles. The summed E-state index contributed by atoms with van der Waals surface area (Å²) < 4.78 is 5.68. The Morgan fingerprint density at radius 2 is 1.88 bits per heavy atom. The van der Waals surface area contributed by atoms with Crippen molar-refractivity contribution in [1.82, 2.24) is 5.43 Å². The molecule has 0 aliphatic rings. The van der Waals surface area contributed by atoms with Crippen LogP contribution in [0.15, 0.2) is 71.1 Å². The Hall–Kier alpha value is -2.92. The monoisotopic (exact) mass is 350 g/mol. The summed E-state index contributed by atoms with van der Waals surface area (Å²) in [5, 5.41) is 5.96. The van der Waals surface area contributed by atoms with Crippen molar-refractivity contribution >= 4 is 23.5 Å². The quantitative estimate of drug-likeness (QED) is 0.534. The molecular formula is C20H18N2O2S. The molecule has 0 saturated carbocycles. The number of rotatable bonds is 6. The van der Waals surface area contributed by atoms with E-state index in [0.717, 1.165) is 21.6 Å². The summed E-state index contributed by atoms with van der Waals surface area (Å²) in [5.74, 6) is 0.371. The minimum Gasteiger partial charge on any atom is -0.483 e. The lowest BCUT2D eigenvalue weighted by Crippen LogP contribution is -2.24. The highest BCUT2D eigenvalue weighted by Crippen LogP contribution is 2.29. The Kier molecular flexibility index (Phi) is 5.59. The number of aryl methyl sites for hydroxylation is 1. The van der Waals surface area contributed by atoms with Crippen LogP contribution in [0.2, 0.25) is 0 Å². The molecule has 0 spiro atoms. The van der Waals surface area contributed by atoms with Gasteiger partial charge in [-0.1, -0.05) is 48.5 Å². The maximum Gasteiger partial charge on any atom is 0.277 e. The van der Waals surface area contributed by atoms with E-state index in [2.05, 4.69) is 10.5 Å². The third-order valence-corrected chi connectivity index (χ3v) is 4.56. The van der Waals surface area contributed by atoms with Crippen molar-refractivity contribution in [3.63, 3.8) is 0 Å². The molecule has 2 aromatic carbocycles. The molecule has 0 aliphatic heterocycles. The van der Waals surface area contributed by atoms with E-state index in [1.54, 1.807) is 17.6 Å². The largest absolute Gasteiger partial charge is 0.483 e. The Balaban J connectivity index is 1.59. The SMILES string of the molecule is Cc1ccsc1/C=N/NC(=O)COc1ccccc1-c1ccccc1. The molecule has 0 bridgehead atoms. The van der Waals surface area contributed by atoms with Gasteiger partial charge in [-0.15, -0.1) is 11.3 Å². The van der Waals surface area contributed by atoms with Gasteiger partial charge in [-0.3, -0.25) is 4.79 Å². The summed E-state index contributed by atoms with van der Waals surface area (Å²) >= 11 is 1.58. The van der Waals surface area contributed by atoms with Gasteiger partial charge in [0, 0.05) is 10.4 Å². The van der Waals surface area contributed by atoms with E-state index in [0.29, 0.717) is 5.75 Å². The van der Waals surface area contributed by atoms with Gasteiger partial charge < -0.3 is 4.74 Å². The summed E-state index contributed by atoms with van der Waals surface area (Å²) in [5.41, 5.74) is 5.62. The fraction of sp³-hybridized carbons (Fsp3) is 0.100. The van der Waals surface area contributed by atoms with Crippen molar-refractivity contribution in [3.8, 4) is 16.9 Å². The molecule has 0 atom stereocenters. The third kappa shape index (κ3) is 4.55. The van der Waals surface area contributed by atoms with E-state index in [1.165, 1.54) is 0 Å². The van der Waals surface area contributed by atoms with Crippen molar-refractivity contribution < 1.29 is 9.53 Å². The molecule has 0 fully saturated rings. The molecule has 126 valence electrons. The average molecular weight is 350 g/mol. The zero-order valence-electron chi connectivity index (χ0n) is 13.8. The number of hydrogen-bond donors (Lipinski definition) is 1. The van der Waals surface area contributed by atoms with Crippen LogP contribution in [0.4, 0.5) is 0 Å². The average Bonchev–Trinajstić information content (AvgIpc) is 3.06. The first-order valence-electron chi connectivity index (χ1n) is 7.87. The molecule has 3 rings (SSSR count). The lowest BCUT2D eigenvalue weighted by atomic mass is 10.1. The number of nitrogens with zero attached hydrogens (tertiary/aromatic N) is 1. The second-order valence-electron chi connectivity index (χ2n) is 5.41. The summed E-state index contributed by atoms with van der Waals surface area (Å²) in [6.07, 6.45) is 1.65. The van der Waals surface area contributed by atoms with E-state index in [1.807, 2.05) is 73.0 Å². The van der Waals surface area contributed by atoms with Gasteiger partial charge in [0.05, 0.1) is 6.21 Å². The van der Waals surface area contributed by atoms with Crippen molar-refractivity contribution in [2.45, 2.75) is 6.92 Å². The molecule has 0 aliphatic carbocycles. The molecule has 1 amide bonds. The summed E-state index contributed by atoms with van der Waals surface area (Å²) in [7, 11) is 0. The smallest absolute Gasteiger partial charge is 0.277 e. The van der Waals surface area contributed by atoms with Crippen LogP contribution in [0.3, 0.4) is 0 Å². The summed E-state index contributed by atoms with van der Waals surface area (Å²) in [4.78, 5) is 13.0. The molecule has 4 nitrogen and oxygen atoms in total. The highest BCUT2D eigenvalue weighted by Gasteiger charge is 2.07. The number of ether oxygens (including phenoxy) is 1. The van der Waals surface area contributed by atoms with Gasteiger partial charge in [-0.25, -0.2) is 5.43 Å². The van der Waals surface area contributed by atoms with Crippen molar-refractivity contribution in [2.24, 2.45) is 5.10 Å².